The van der Waals surface area contributed by atoms with Crippen LogP contribution in [-0.4, -0.2) is 47.3 Å². The zero-order valence-corrected chi connectivity index (χ0v) is 44.7. The maximum Gasteiger partial charge on any atom is 0.251 e. The second-order valence-electron chi connectivity index (χ2n) is 24.3. The molecule has 0 aliphatic carbocycles. The minimum atomic E-state index is -0.0617. The van der Waals surface area contributed by atoms with Crippen molar-refractivity contribution in [3.05, 3.63) is 0 Å². The Morgan fingerprint density at radius 2 is 0.688 bits per heavy atom. The molecule has 2 heterocycles. The van der Waals surface area contributed by atoms with Crippen LogP contribution in [0.5, 0.6) is 11.5 Å². The number of nitrogens with one attached hydrogen (secondary N) is 2. The van der Waals surface area contributed by atoms with Crippen LogP contribution in [0.3, 0.4) is 0 Å². The number of piperidine rings is 2. The van der Waals surface area contributed by atoms with Crippen LogP contribution in [0.2, 0.25) is 0 Å². The van der Waals surface area contributed by atoms with Gasteiger partial charge in [-0.25, -0.2) is 0 Å². The molecule has 6 heteroatoms. The van der Waals surface area contributed by atoms with Crippen LogP contribution in [0.25, 0.3) is 0 Å². The number of nitrogens with zero attached hydrogens (tertiary/aromatic N) is 2. The van der Waals surface area contributed by atoms with Crippen molar-refractivity contribution in [1.29, 1.82) is 0 Å². The molecule has 2 saturated heterocycles. The molecule has 2 aliphatic heterocycles. The van der Waals surface area contributed by atoms with Crippen LogP contribution in [0.4, 0.5) is 11.4 Å². The molecule has 0 atom stereocenters. The Morgan fingerprint density at radius 1 is 0.422 bits per heavy atom. The summed E-state index contributed by atoms with van der Waals surface area (Å²) in [5.41, 5.74) is 0.751. The summed E-state index contributed by atoms with van der Waals surface area (Å²) in [4.78, 5) is 4.65. The number of hydrogen-bond acceptors (Lipinski definition) is 6. The lowest BCUT2D eigenvalue weighted by molar-refractivity contribution is -0.288. The topological polar surface area (TPSA) is 76.7 Å². The van der Waals surface area contributed by atoms with E-state index in [2.05, 4.69) is 89.7 Å². The molecule has 0 radical (unpaired) electrons. The van der Waals surface area contributed by atoms with Crippen molar-refractivity contribution in [2.75, 3.05) is 22.9 Å². The summed E-state index contributed by atoms with van der Waals surface area (Å²) in [7, 11) is 0. The summed E-state index contributed by atoms with van der Waals surface area (Å²) in [6.45, 7) is 24.5. The highest BCUT2D eigenvalue weighted by molar-refractivity contribution is 5.91. The molecule has 0 bridgehead atoms. The molecule has 374 valence electrons. The van der Waals surface area contributed by atoms with Crippen molar-refractivity contribution in [2.45, 2.75) is 335 Å². The summed E-state index contributed by atoms with van der Waals surface area (Å²) >= 11 is 0. The Kier molecular flexibility index (Phi) is 26.8. The van der Waals surface area contributed by atoms with Crippen LogP contribution in [-0.2, 0) is 0 Å². The Balaban J connectivity index is 1.56. The average molecular weight is 896 g/mol. The lowest BCUT2D eigenvalue weighted by Gasteiger charge is -2.51. The molecule has 1 aromatic rings. The summed E-state index contributed by atoms with van der Waals surface area (Å²) in [5, 5.41) is 37.2. The van der Waals surface area contributed by atoms with Gasteiger partial charge in [0.05, 0.1) is 0 Å². The SMILES string of the molecule is CCCCCCCCCCCCCCCCCCN(c1c([O-])[c+](N(CCCCCCCCCCCCCCCCCC)C2CC(C)(C)NC(C)(C)C2)[c+]1[O-])C1CC(C)(C)NC(C)(C)C1. The average Bonchev–Trinajstić information content (AvgIpc) is 3.20. The number of hydrogen-bond donors (Lipinski definition) is 2. The molecule has 0 spiro atoms. The molecule has 0 amide bonds. The largest absolute Gasteiger partial charge is 0.790 e. The van der Waals surface area contributed by atoms with Gasteiger partial charge >= 0.3 is 0 Å². The Bertz CT molecular complexity index is 1160. The number of rotatable bonds is 38. The molecule has 0 saturated carbocycles. The molecule has 3 rings (SSSR count). The van der Waals surface area contributed by atoms with Gasteiger partial charge in [-0.05, 0) is 93.9 Å². The van der Waals surface area contributed by atoms with E-state index in [0.717, 1.165) is 51.6 Å². The van der Waals surface area contributed by atoms with Gasteiger partial charge in [0.1, 0.15) is 0 Å². The van der Waals surface area contributed by atoms with Gasteiger partial charge in [0, 0.05) is 47.3 Å². The maximum atomic E-state index is 14.7. The molecular formula is C58H110N4O2. The fourth-order valence-corrected chi connectivity index (χ4v) is 12.5. The van der Waals surface area contributed by atoms with Crippen molar-refractivity contribution in [1.82, 2.24) is 10.6 Å². The van der Waals surface area contributed by atoms with Crippen molar-refractivity contribution >= 4 is 11.4 Å². The molecule has 0 unspecified atom stereocenters. The molecular weight excluding hydrogens is 785 g/mol. The van der Waals surface area contributed by atoms with Crippen LogP contribution >= 0.6 is 0 Å². The predicted octanol–water partition coefficient (Wildman–Crippen LogP) is 16.0. The third-order valence-electron chi connectivity index (χ3n) is 15.2. The number of anilines is 2. The first-order valence-electron chi connectivity index (χ1n) is 28.5. The molecule has 0 aromatic heterocycles. The van der Waals surface area contributed by atoms with E-state index in [1.54, 1.807) is 0 Å². The van der Waals surface area contributed by atoms with Gasteiger partial charge in [-0.1, -0.05) is 206 Å². The molecule has 2 fully saturated rings. The van der Waals surface area contributed by atoms with Crippen LogP contribution in [0.15, 0.2) is 0 Å². The van der Waals surface area contributed by atoms with E-state index in [9.17, 15) is 10.2 Å². The van der Waals surface area contributed by atoms with Crippen molar-refractivity contribution < 1.29 is 10.2 Å². The van der Waals surface area contributed by atoms with E-state index < -0.39 is 0 Å². The molecule has 2 N–H and O–H groups in total. The second-order valence-corrected chi connectivity index (χ2v) is 24.3. The van der Waals surface area contributed by atoms with E-state index in [1.165, 1.54) is 193 Å². The van der Waals surface area contributed by atoms with Gasteiger partial charge < -0.3 is 20.8 Å². The van der Waals surface area contributed by atoms with Gasteiger partial charge in [0.2, 0.25) is 0 Å². The Morgan fingerprint density at radius 3 is 0.984 bits per heavy atom. The summed E-state index contributed by atoms with van der Waals surface area (Å²) < 4.78 is 0. The van der Waals surface area contributed by atoms with E-state index in [4.69, 9.17) is 0 Å². The number of unbranched alkanes of at least 4 members (excludes halogenated alkanes) is 30. The van der Waals surface area contributed by atoms with Crippen molar-refractivity contribution in [3.63, 3.8) is 0 Å². The molecule has 6 nitrogen and oxygen atoms in total. The van der Waals surface area contributed by atoms with Crippen LogP contribution < -0.4 is 30.6 Å². The quantitative estimate of drug-likeness (QED) is 0.0509. The highest BCUT2D eigenvalue weighted by Crippen LogP contribution is 2.56. The van der Waals surface area contributed by atoms with Gasteiger partial charge in [0.15, 0.2) is 11.5 Å². The molecule has 1 aromatic carbocycles. The smallest absolute Gasteiger partial charge is 0.251 e. The fourth-order valence-electron chi connectivity index (χ4n) is 12.5. The van der Waals surface area contributed by atoms with Gasteiger partial charge in [-0.3, -0.25) is 9.80 Å². The van der Waals surface area contributed by atoms with Crippen LogP contribution in [0, 0.1) is 0 Å². The van der Waals surface area contributed by atoms with Gasteiger partial charge in [-0.15, -0.1) is 0 Å². The minimum absolute atomic E-state index is 0.0290. The summed E-state index contributed by atoms with van der Waals surface area (Å²) in [5.74, 6) is 0.0579. The Hall–Kier alpha value is -1.40. The highest BCUT2D eigenvalue weighted by atomic mass is 16.3. The third-order valence-corrected chi connectivity index (χ3v) is 15.2. The minimum Gasteiger partial charge on any atom is -0.790 e. The Labute approximate surface area is 399 Å². The summed E-state index contributed by atoms with van der Waals surface area (Å²) in [6.07, 6.45) is 46.8. The van der Waals surface area contributed by atoms with E-state index in [0.29, 0.717) is 11.4 Å². The standard InChI is InChI=1S/C58H110N4O2/c1-11-13-15-17-19-21-23-25-27-29-31-33-35-37-39-41-43-61(49-45-55(3,4)59-56(5,6)46-49)51-53(63)52(54(51)64)62(50-47-57(7,8)60-58(9,10)48-50)44-42-40-38-36-34-32-30-28-26-24-22-20-18-16-14-12-2/h49-50,59-60H,11-48H2,1-10H3. The van der Waals surface area contributed by atoms with E-state index in [1.807, 2.05) is 0 Å². The first-order chi connectivity index (χ1) is 30.5. The summed E-state index contributed by atoms with van der Waals surface area (Å²) in [6, 6.07) is 0.357. The first kappa shape index (κ1) is 56.9. The van der Waals surface area contributed by atoms with Crippen molar-refractivity contribution in [2.24, 2.45) is 0 Å². The zero-order chi connectivity index (χ0) is 46.9. The molecule has 64 heavy (non-hydrogen) atoms. The normalized spacial score (nSPS) is 18.5. The zero-order valence-electron chi connectivity index (χ0n) is 44.7. The predicted molar refractivity (Wildman–Crippen MR) is 279 cm³/mol. The van der Waals surface area contributed by atoms with E-state index in [-0.39, 0.29) is 45.7 Å². The van der Waals surface area contributed by atoms with E-state index >= 15 is 0 Å². The van der Waals surface area contributed by atoms with Gasteiger partial charge in [0.25, 0.3) is 11.4 Å². The van der Waals surface area contributed by atoms with Gasteiger partial charge in [-0.2, -0.15) is 0 Å². The molecule has 2 aliphatic rings. The lowest BCUT2D eigenvalue weighted by atomic mass is 9.78. The van der Waals surface area contributed by atoms with Crippen molar-refractivity contribution in [3.8, 4) is 11.5 Å². The lowest BCUT2D eigenvalue weighted by Crippen LogP contribution is -2.63. The second kappa shape index (κ2) is 30.2. The first-order valence-corrected chi connectivity index (χ1v) is 28.5. The highest BCUT2D eigenvalue weighted by Gasteiger charge is 2.48. The maximum absolute atomic E-state index is 14.7. The monoisotopic (exact) mass is 895 g/mol. The van der Waals surface area contributed by atoms with Crippen LogP contribution in [0.1, 0.15) is 300 Å². The fraction of sp³-hybridized carbons (Fsp3) is 0.931. The third kappa shape index (κ3) is 22.1.